The highest BCUT2D eigenvalue weighted by atomic mass is 16.5. The quantitative estimate of drug-likeness (QED) is 0.652. The highest BCUT2D eigenvalue weighted by Crippen LogP contribution is 2.22. The van der Waals surface area contributed by atoms with Gasteiger partial charge in [-0.15, -0.1) is 0 Å². The van der Waals surface area contributed by atoms with Crippen molar-refractivity contribution in [3.63, 3.8) is 0 Å². The second-order valence-corrected chi connectivity index (χ2v) is 6.47. The lowest BCUT2D eigenvalue weighted by Crippen LogP contribution is -2.35. The van der Waals surface area contributed by atoms with Crippen LogP contribution in [-0.2, 0) is 24.8 Å². The molecule has 0 saturated heterocycles. The highest BCUT2D eigenvalue weighted by molar-refractivity contribution is 6.03. The summed E-state index contributed by atoms with van der Waals surface area (Å²) in [5.74, 6) is 0.772. The summed E-state index contributed by atoms with van der Waals surface area (Å²) in [5, 5.41) is 4.29. The molecule has 0 aliphatic rings. The van der Waals surface area contributed by atoms with Gasteiger partial charge < -0.3 is 4.74 Å². The molecule has 0 unspecified atom stereocenters. The summed E-state index contributed by atoms with van der Waals surface area (Å²) in [6.45, 7) is 3.55. The Bertz CT molecular complexity index is 962. The molecule has 1 aromatic heterocycles. The number of hydrogen-bond donors (Lipinski definition) is 0. The van der Waals surface area contributed by atoms with E-state index in [2.05, 4.69) is 5.10 Å². The van der Waals surface area contributed by atoms with Crippen LogP contribution in [0, 0.1) is 0 Å². The molecule has 6 nitrogen and oxygen atoms in total. The smallest absolute Gasteiger partial charge is 0.279 e. The minimum atomic E-state index is -0.355. The van der Waals surface area contributed by atoms with Gasteiger partial charge in [0.1, 0.15) is 17.2 Å². The maximum absolute atomic E-state index is 12.9. The molecular formula is C22H23N3O3. The zero-order chi connectivity index (χ0) is 20.1. The molecule has 144 valence electrons. The first-order chi connectivity index (χ1) is 13.5. The van der Waals surface area contributed by atoms with Crippen molar-refractivity contribution in [2.24, 2.45) is 7.05 Å². The third-order valence-electron chi connectivity index (χ3n) is 4.38. The highest BCUT2D eigenvalue weighted by Gasteiger charge is 2.23. The molecule has 0 N–H and O–H groups in total. The van der Waals surface area contributed by atoms with Crippen molar-refractivity contribution in [2.75, 3.05) is 0 Å². The van der Waals surface area contributed by atoms with Crippen molar-refractivity contribution in [3.05, 3.63) is 77.6 Å². The van der Waals surface area contributed by atoms with Gasteiger partial charge in [0.2, 0.25) is 5.91 Å². The van der Waals surface area contributed by atoms with Crippen LogP contribution in [0.1, 0.15) is 35.6 Å². The fourth-order valence-electron chi connectivity index (χ4n) is 2.83. The van der Waals surface area contributed by atoms with E-state index in [-0.39, 0.29) is 18.4 Å². The molecule has 0 aliphatic heterocycles. The fraction of sp³-hybridized carbons (Fsp3) is 0.227. The molecule has 0 spiro atoms. The van der Waals surface area contributed by atoms with Gasteiger partial charge in [-0.1, -0.05) is 37.3 Å². The third kappa shape index (κ3) is 4.46. The molecular weight excluding hydrogens is 354 g/mol. The van der Waals surface area contributed by atoms with Crippen LogP contribution in [-0.4, -0.2) is 26.5 Å². The van der Waals surface area contributed by atoms with Crippen LogP contribution >= 0.6 is 0 Å². The standard InChI is InChI=1S/C22H23N3O3/c1-4-18-14-21(24(3)23-18)22(27)25(16(2)26)15-17-10-12-20(13-11-17)28-19-8-6-5-7-9-19/h5-14H,4,15H2,1-3H3. The van der Waals surface area contributed by atoms with Gasteiger partial charge in [-0.2, -0.15) is 5.10 Å². The Labute approximate surface area is 164 Å². The molecule has 0 aliphatic carbocycles. The summed E-state index contributed by atoms with van der Waals surface area (Å²) in [5.41, 5.74) is 2.05. The molecule has 0 radical (unpaired) electrons. The van der Waals surface area contributed by atoms with Gasteiger partial charge >= 0.3 is 0 Å². The van der Waals surface area contributed by atoms with Crippen LogP contribution in [0.2, 0.25) is 0 Å². The van der Waals surface area contributed by atoms with Gasteiger partial charge in [0.25, 0.3) is 5.91 Å². The Balaban J connectivity index is 1.74. The summed E-state index contributed by atoms with van der Waals surface area (Å²) in [6.07, 6.45) is 0.726. The molecule has 6 heteroatoms. The monoisotopic (exact) mass is 377 g/mol. The zero-order valence-corrected chi connectivity index (χ0v) is 16.3. The normalized spacial score (nSPS) is 10.5. The summed E-state index contributed by atoms with van der Waals surface area (Å²) < 4.78 is 7.30. The van der Waals surface area contributed by atoms with Crippen LogP contribution in [0.25, 0.3) is 0 Å². The largest absolute Gasteiger partial charge is 0.457 e. The minimum Gasteiger partial charge on any atom is -0.457 e. The van der Waals surface area contributed by atoms with Crippen LogP contribution in [0.3, 0.4) is 0 Å². The molecule has 0 atom stereocenters. The molecule has 1 heterocycles. The topological polar surface area (TPSA) is 64.4 Å². The summed E-state index contributed by atoms with van der Waals surface area (Å²) in [6, 6.07) is 18.6. The summed E-state index contributed by atoms with van der Waals surface area (Å²) >= 11 is 0. The fourth-order valence-corrected chi connectivity index (χ4v) is 2.83. The lowest BCUT2D eigenvalue weighted by atomic mass is 10.2. The van der Waals surface area contributed by atoms with Gasteiger partial charge in [0.05, 0.1) is 12.2 Å². The third-order valence-corrected chi connectivity index (χ3v) is 4.38. The number of aryl methyl sites for hydroxylation is 2. The number of benzene rings is 2. The molecule has 28 heavy (non-hydrogen) atoms. The average Bonchev–Trinajstić information content (AvgIpc) is 3.08. The van der Waals surface area contributed by atoms with Gasteiger partial charge in [0.15, 0.2) is 0 Å². The predicted octanol–water partition coefficient (Wildman–Crippen LogP) is 3.96. The zero-order valence-electron chi connectivity index (χ0n) is 16.3. The maximum atomic E-state index is 12.9. The number of imide groups is 1. The first-order valence-electron chi connectivity index (χ1n) is 9.15. The molecule has 3 aromatic rings. The van der Waals surface area contributed by atoms with E-state index in [9.17, 15) is 9.59 Å². The maximum Gasteiger partial charge on any atom is 0.279 e. The van der Waals surface area contributed by atoms with E-state index in [0.717, 1.165) is 23.4 Å². The van der Waals surface area contributed by atoms with Crippen molar-refractivity contribution in [3.8, 4) is 11.5 Å². The van der Waals surface area contributed by atoms with Gasteiger partial charge in [-0.25, -0.2) is 0 Å². The lowest BCUT2D eigenvalue weighted by molar-refractivity contribution is -0.126. The van der Waals surface area contributed by atoms with E-state index < -0.39 is 0 Å². The second kappa shape index (κ2) is 8.52. The van der Waals surface area contributed by atoms with E-state index in [1.165, 1.54) is 16.5 Å². The van der Waals surface area contributed by atoms with E-state index in [1.54, 1.807) is 13.1 Å². The number of rotatable bonds is 6. The van der Waals surface area contributed by atoms with Crippen molar-refractivity contribution in [2.45, 2.75) is 26.8 Å². The van der Waals surface area contributed by atoms with Crippen molar-refractivity contribution < 1.29 is 14.3 Å². The number of carbonyl (C=O) groups is 2. The summed E-state index contributed by atoms with van der Waals surface area (Å²) in [7, 11) is 1.71. The number of para-hydroxylation sites is 1. The average molecular weight is 377 g/mol. The number of nitrogens with zero attached hydrogens (tertiary/aromatic N) is 3. The molecule has 0 bridgehead atoms. The molecule has 3 rings (SSSR count). The Morgan fingerprint density at radius 3 is 2.25 bits per heavy atom. The number of carbonyl (C=O) groups excluding carboxylic acids is 2. The second-order valence-electron chi connectivity index (χ2n) is 6.47. The van der Waals surface area contributed by atoms with E-state index in [1.807, 2.05) is 61.5 Å². The van der Waals surface area contributed by atoms with Crippen molar-refractivity contribution >= 4 is 11.8 Å². The molecule has 0 saturated carbocycles. The number of amides is 2. The molecule has 2 amide bonds. The number of ether oxygens (including phenoxy) is 1. The Kier molecular flexibility index (Phi) is 5.89. The molecule has 0 fully saturated rings. The first-order valence-corrected chi connectivity index (χ1v) is 9.15. The van der Waals surface area contributed by atoms with Crippen LogP contribution in [0.15, 0.2) is 60.7 Å². The minimum absolute atomic E-state index is 0.187. The van der Waals surface area contributed by atoms with Gasteiger partial charge in [0, 0.05) is 14.0 Å². The van der Waals surface area contributed by atoms with E-state index in [4.69, 9.17) is 4.74 Å². The Morgan fingerprint density at radius 1 is 1.04 bits per heavy atom. The van der Waals surface area contributed by atoms with E-state index in [0.29, 0.717) is 11.4 Å². The SMILES string of the molecule is CCc1cc(C(=O)N(Cc2ccc(Oc3ccccc3)cc2)C(C)=O)n(C)n1. The Hall–Kier alpha value is -3.41. The van der Waals surface area contributed by atoms with Crippen LogP contribution < -0.4 is 4.74 Å². The van der Waals surface area contributed by atoms with Crippen molar-refractivity contribution in [1.29, 1.82) is 0 Å². The predicted molar refractivity (Wildman–Crippen MR) is 106 cm³/mol. The Morgan fingerprint density at radius 2 is 1.68 bits per heavy atom. The molecule has 2 aromatic carbocycles. The number of hydrogen-bond acceptors (Lipinski definition) is 4. The van der Waals surface area contributed by atoms with Gasteiger partial charge in [-0.05, 0) is 42.3 Å². The summed E-state index contributed by atoms with van der Waals surface area (Å²) in [4.78, 5) is 26.2. The first kappa shape index (κ1) is 19.4. The number of aromatic nitrogens is 2. The van der Waals surface area contributed by atoms with Gasteiger partial charge in [-0.3, -0.25) is 19.2 Å². The lowest BCUT2D eigenvalue weighted by Gasteiger charge is -2.19. The van der Waals surface area contributed by atoms with Crippen molar-refractivity contribution in [1.82, 2.24) is 14.7 Å². The van der Waals surface area contributed by atoms with E-state index >= 15 is 0 Å². The van der Waals surface area contributed by atoms with Crippen LogP contribution in [0.5, 0.6) is 11.5 Å². The van der Waals surface area contributed by atoms with Crippen LogP contribution in [0.4, 0.5) is 0 Å².